The molecule has 0 radical (unpaired) electrons. The van der Waals surface area contributed by atoms with E-state index in [-0.39, 0.29) is 6.61 Å². The largest absolute Gasteiger partial charge is 0.485 e. The van der Waals surface area contributed by atoms with E-state index in [2.05, 4.69) is 4.99 Å². The fourth-order valence-corrected chi connectivity index (χ4v) is 1.31. The van der Waals surface area contributed by atoms with Gasteiger partial charge in [0.2, 0.25) is 0 Å². The van der Waals surface area contributed by atoms with Crippen molar-refractivity contribution in [2.45, 2.75) is 6.92 Å². The normalized spacial score (nSPS) is 13.5. The minimum Gasteiger partial charge on any atom is -0.485 e. The Labute approximate surface area is 87.5 Å². The van der Waals surface area contributed by atoms with Crippen molar-refractivity contribution in [2.24, 2.45) is 4.99 Å². The van der Waals surface area contributed by atoms with Gasteiger partial charge in [0.1, 0.15) is 18.0 Å². The summed E-state index contributed by atoms with van der Waals surface area (Å²) in [4.78, 5) is 15.6. The molecule has 1 aromatic rings. The van der Waals surface area contributed by atoms with Crippen LogP contribution < -0.4 is 4.74 Å². The van der Waals surface area contributed by atoms with Gasteiger partial charge in [0, 0.05) is 0 Å². The Hall–Kier alpha value is -1.84. The zero-order chi connectivity index (χ0) is 10.7. The molecule has 1 heterocycles. The number of carbonyl (C=O) groups is 1. The molecule has 0 aliphatic carbocycles. The van der Waals surface area contributed by atoms with E-state index in [1.807, 2.05) is 18.2 Å². The molecule has 2 rings (SSSR count). The first-order valence-electron chi connectivity index (χ1n) is 4.77. The Balaban J connectivity index is 2.25. The third-order valence-electron chi connectivity index (χ3n) is 2.00. The third-order valence-corrected chi connectivity index (χ3v) is 2.00. The van der Waals surface area contributed by atoms with E-state index in [0.717, 1.165) is 0 Å². The molecular formula is C11H11NO3. The number of benzene rings is 1. The Morgan fingerprint density at radius 3 is 3.13 bits per heavy atom. The number of hydrogen-bond donors (Lipinski definition) is 0. The molecule has 1 aromatic carbocycles. The summed E-state index contributed by atoms with van der Waals surface area (Å²) in [6.07, 6.45) is 0. The lowest BCUT2D eigenvalue weighted by atomic mass is 10.2. The van der Waals surface area contributed by atoms with Crippen molar-refractivity contribution in [3.63, 3.8) is 0 Å². The summed E-state index contributed by atoms with van der Waals surface area (Å²) >= 11 is 0. The molecule has 0 amide bonds. The number of aliphatic imine (C=N–C) groups is 1. The monoisotopic (exact) mass is 205 g/mol. The topological polar surface area (TPSA) is 47.9 Å². The van der Waals surface area contributed by atoms with Crippen LogP contribution >= 0.6 is 0 Å². The lowest BCUT2D eigenvalue weighted by Crippen LogP contribution is -2.26. The molecule has 4 nitrogen and oxygen atoms in total. The van der Waals surface area contributed by atoms with Gasteiger partial charge in [0.05, 0.1) is 6.61 Å². The Bertz CT molecular complexity index is 412. The molecule has 78 valence electrons. The highest BCUT2D eigenvalue weighted by atomic mass is 16.5. The summed E-state index contributed by atoms with van der Waals surface area (Å²) in [6, 6.07) is 7.33. The van der Waals surface area contributed by atoms with Crippen molar-refractivity contribution in [3.05, 3.63) is 24.3 Å². The average Bonchev–Trinajstić information content (AvgIpc) is 2.29. The summed E-state index contributed by atoms with van der Waals surface area (Å²) in [5.41, 5.74) is 0.988. The van der Waals surface area contributed by atoms with Gasteiger partial charge in [-0.25, -0.2) is 9.79 Å². The SMILES string of the molecule is CCOC(=O)C1=Nc2ccccc2OC1. The van der Waals surface area contributed by atoms with Gasteiger partial charge in [-0.05, 0) is 19.1 Å². The van der Waals surface area contributed by atoms with Crippen LogP contribution in [0.2, 0.25) is 0 Å². The average molecular weight is 205 g/mol. The van der Waals surface area contributed by atoms with Crippen LogP contribution in [0, 0.1) is 0 Å². The molecule has 0 spiro atoms. The van der Waals surface area contributed by atoms with Crippen molar-refractivity contribution in [2.75, 3.05) is 13.2 Å². The van der Waals surface area contributed by atoms with Gasteiger partial charge in [0.25, 0.3) is 0 Å². The molecule has 0 unspecified atom stereocenters. The number of rotatable bonds is 2. The van der Waals surface area contributed by atoms with E-state index in [1.165, 1.54) is 0 Å². The van der Waals surface area contributed by atoms with Crippen LogP contribution in [0.1, 0.15) is 6.92 Å². The van der Waals surface area contributed by atoms with Crippen LogP contribution in [0.25, 0.3) is 0 Å². The first-order valence-corrected chi connectivity index (χ1v) is 4.77. The summed E-state index contributed by atoms with van der Waals surface area (Å²) < 4.78 is 10.2. The van der Waals surface area contributed by atoms with Crippen molar-refractivity contribution >= 4 is 17.4 Å². The maximum absolute atomic E-state index is 11.4. The number of nitrogens with zero attached hydrogens (tertiary/aromatic N) is 1. The quantitative estimate of drug-likeness (QED) is 0.690. The number of fused-ring (bicyclic) bond motifs is 1. The molecule has 0 atom stereocenters. The summed E-state index contributed by atoms with van der Waals surface area (Å²) in [5, 5.41) is 0. The molecule has 1 aliphatic heterocycles. The fourth-order valence-electron chi connectivity index (χ4n) is 1.31. The van der Waals surface area contributed by atoms with Gasteiger partial charge in [-0.3, -0.25) is 0 Å². The second-order valence-electron chi connectivity index (χ2n) is 3.04. The van der Waals surface area contributed by atoms with Crippen LogP contribution in [0.5, 0.6) is 5.75 Å². The van der Waals surface area contributed by atoms with Crippen molar-refractivity contribution in [3.8, 4) is 5.75 Å². The van der Waals surface area contributed by atoms with E-state index in [4.69, 9.17) is 9.47 Å². The maximum atomic E-state index is 11.4. The number of carbonyl (C=O) groups excluding carboxylic acids is 1. The molecule has 0 N–H and O–H groups in total. The van der Waals surface area contributed by atoms with Crippen molar-refractivity contribution in [1.82, 2.24) is 0 Å². The number of para-hydroxylation sites is 2. The highest BCUT2D eigenvalue weighted by Gasteiger charge is 2.19. The molecule has 0 saturated heterocycles. The van der Waals surface area contributed by atoms with Crippen LogP contribution in [0.4, 0.5) is 5.69 Å². The molecule has 1 aliphatic rings. The molecule has 4 heteroatoms. The van der Waals surface area contributed by atoms with Gasteiger partial charge in [0.15, 0.2) is 5.71 Å². The van der Waals surface area contributed by atoms with E-state index >= 15 is 0 Å². The van der Waals surface area contributed by atoms with Gasteiger partial charge in [-0.2, -0.15) is 0 Å². The standard InChI is InChI=1S/C11H11NO3/c1-2-14-11(13)9-7-15-10-6-4-3-5-8(10)12-9/h3-6H,2,7H2,1H3. The predicted octanol–water partition coefficient (Wildman–Crippen LogP) is 1.71. The first-order chi connectivity index (χ1) is 7.31. The lowest BCUT2D eigenvalue weighted by Gasteiger charge is -2.15. The van der Waals surface area contributed by atoms with Crippen molar-refractivity contribution in [1.29, 1.82) is 0 Å². The smallest absolute Gasteiger partial charge is 0.356 e. The molecule has 0 fully saturated rings. The van der Waals surface area contributed by atoms with Gasteiger partial charge in [-0.15, -0.1) is 0 Å². The van der Waals surface area contributed by atoms with Gasteiger partial charge >= 0.3 is 5.97 Å². The zero-order valence-electron chi connectivity index (χ0n) is 8.40. The zero-order valence-corrected chi connectivity index (χ0v) is 8.40. The number of esters is 1. The second kappa shape index (κ2) is 4.13. The highest BCUT2D eigenvalue weighted by Crippen LogP contribution is 2.29. The third kappa shape index (κ3) is 1.98. The molecule has 15 heavy (non-hydrogen) atoms. The molecule has 0 bridgehead atoms. The van der Waals surface area contributed by atoms with E-state index < -0.39 is 5.97 Å². The molecular weight excluding hydrogens is 194 g/mol. The minimum atomic E-state index is -0.410. The van der Waals surface area contributed by atoms with E-state index in [1.54, 1.807) is 13.0 Å². The maximum Gasteiger partial charge on any atom is 0.356 e. The minimum absolute atomic E-state index is 0.176. The Morgan fingerprint density at radius 1 is 1.53 bits per heavy atom. The number of ether oxygens (including phenoxy) is 2. The summed E-state index contributed by atoms with van der Waals surface area (Å²) in [5.74, 6) is 0.289. The second-order valence-corrected chi connectivity index (χ2v) is 3.04. The van der Waals surface area contributed by atoms with Crippen LogP contribution in [-0.4, -0.2) is 24.9 Å². The highest BCUT2D eigenvalue weighted by molar-refractivity contribution is 6.38. The van der Waals surface area contributed by atoms with Gasteiger partial charge < -0.3 is 9.47 Å². The molecule has 0 saturated carbocycles. The van der Waals surface area contributed by atoms with Crippen LogP contribution in [0.15, 0.2) is 29.3 Å². The Morgan fingerprint density at radius 2 is 2.33 bits per heavy atom. The predicted molar refractivity (Wildman–Crippen MR) is 55.7 cm³/mol. The van der Waals surface area contributed by atoms with Crippen LogP contribution in [-0.2, 0) is 9.53 Å². The first kappa shape index (κ1) is 9.71. The summed E-state index contributed by atoms with van der Waals surface area (Å²) in [7, 11) is 0. The van der Waals surface area contributed by atoms with E-state index in [0.29, 0.717) is 23.8 Å². The fraction of sp³-hybridized carbons (Fsp3) is 0.273. The lowest BCUT2D eigenvalue weighted by molar-refractivity contribution is -0.135. The Kier molecular flexibility index (Phi) is 2.67. The van der Waals surface area contributed by atoms with Crippen LogP contribution in [0.3, 0.4) is 0 Å². The van der Waals surface area contributed by atoms with Crippen molar-refractivity contribution < 1.29 is 14.3 Å². The van der Waals surface area contributed by atoms with Gasteiger partial charge in [-0.1, -0.05) is 12.1 Å². The molecule has 0 aromatic heterocycles. The number of hydrogen-bond acceptors (Lipinski definition) is 4. The summed E-state index contributed by atoms with van der Waals surface area (Å²) in [6.45, 7) is 2.28. The van der Waals surface area contributed by atoms with E-state index in [9.17, 15) is 4.79 Å².